The Morgan fingerprint density at radius 1 is 0.333 bits per heavy atom. The Bertz CT molecular complexity index is 1150. The zero-order chi connectivity index (χ0) is 45.8. The van der Waals surface area contributed by atoms with E-state index in [0.29, 0.717) is 19.3 Å². The maximum absolute atomic E-state index is 12.8. The van der Waals surface area contributed by atoms with E-state index in [1.807, 2.05) is 0 Å². The first-order valence-corrected chi connectivity index (χ1v) is 26.8. The van der Waals surface area contributed by atoms with E-state index in [1.54, 1.807) is 0 Å². The second-order valence-electron chi connectivity index (χ2n) is 17.8. The minimum Gasteiger partial charge on any atom is -0.462 e. The Kier molecular flexibility index (Phi) is 49.4. The molecule has 0 heterocycles. The molecule has 1 atom stereocenters. The summed E-state index contributed by atoms with van der Waals surface area (Å²) in [6, 6.07) is 0. The molecule has 0 aliphatic carbocycles. The van der Waals surface area contributed by atoms with Crippen LogP contribution >= 0.6 is 0 Å². The summed E-state index contributed by atoms with van der Waals surface area (Å²) in [6.07, 6.45) is 63.4. The van der Waals surface area contributed by atoms with Crippen LogP contribution in [0, 0.1) is 0 Å². The van der Waals surface area contributed by atoms with Gasteiger partial charge in [0.1, 0.15) is 13.2 Å². The van der Waals surface area contributed by atoms with Crippen molar-refractivity contribution in [2.45, 2.75) is 271 Å². The van der Waals surface area contributed by atoms with Crippen molar-refractivity contribution in [1.29, 1.82) is 0 Å². The summed E-state index contributed by atoms with van der Waals surface area (Å²) in [6.45, 7) is 6.50. The summed E-state index contributed by atoms with van der Waals surface area (Å²) in [5, 5.41) is 0. The predicted molar refractivity (Wildman–Crippen MR) is 270 cm³/mol. The molecule has 0 fully saturated rings. The van der Waals surface area contributed by atoms with E-state index < -0.39 is 6.10 Å². The lowest BCUT2D eigenvalue weighted by Gasteiger charge is -2.18. The van der Waals surface area contributed by atoms with E-state index >= 15 is 0 Å². The van der Waals surface area contributed by atoms with Crippen molar-refractivity contribution in [2.75, 3.05) is 13.2 Å². The molecule has 0 amide bonds. The third kappa shape index (κ3) is 50.0. The van der Waals surface area contributed by atoms with Crippen LogP contribution in [0.2, 0.25) is 0 Å². The second-order valence-corrected chi connectivity index (χ2v) is 17.8. The van der Waals surface area contributed by atoms with Crippen LogP contribution in [-0.2, 0) is 28.6 Å². The average Bonchev–Trinajstić information content (AvgIpc) is 3.28. The highest BCUT2D eigenvalue weighted by Gasteiger charge is 2.19. The highest BCUT2D eigenvalue weighted by Crippen LogP contribution is 2.15. The average molecular weight is 881 g/mol. The fourth-order valence-corrected chi connectivity index (χ4v) is 7.49. The number of ether oxygens (including phenoxy) is 3. The number of carbonyl (C=O) groups is 3. The SMILES string of the molecule is CC/C=C\C/C=C\C/C=C\C/C=C\CCCCCCC(=O)OC[C@H](COC(=O)CCCCCCC/C=C\CCCCCC)OC(=O)CCCCCCCCCCCCCCCCC. The Balaban J connectivity index is 4.41. The van der Waals surface area contributed by atoms with Crippen LogP contribution in [-0.4, -0.2) is 37.2 Å². The molecule has 0 saturated heterocycles. The Morgan fingerprint density at radius 2 is 0.619 bits per heavy atom. The molecule has 0 N–H and O–H groups in total. The van der Waals surface area contributed by atoms with Gasteiger partial charge in [-0.2, -0.15) is 0 Å². The van der Waals surface area contributed by atoms with Crippen molar-refractivity contribution in [3.63, 3.8) is 0 Å². The third-order valence-electron chi connectivity index (χ3n) is 11.5. The van der Waals surface area contributed by atoms with Crippen LogP contribution in [0.4, 0.5) is 0 Å². The zero-order valence-electron chi connectivity index (χ0n) is 41.6. The summed E-state index contributed by atoms with van der Waals surface area (Å²) < 4.78 is 16.8. The van der Waals surface area contributed by atoms with E-state index in [2.05, 4.69) is 81.5 Å². The summed E-state index contributed by atoms with van der Waals surface area (Å²) in [7, 11) is 0. The quantitative estimate of drug-likeness (QED) is 0.0262. The first-order valence-electron chi connectivity index (χ1n) is 26.8. The van der Waals surface area contributed by atoms with Crippen LogP contribution in [0.15, 0.2) is 60.8 Å². The molecule has 364 valence electrons. The van der Waals surface area contributed by atoms with Gasteiger partial charge in [0.2, 0.25) is 0 Å². The lowest BCUT2D eigenvalue weighted by atomic mass is 10.0. The largest absolute Gasteiger partial charge is 0.462 e. The molecule has 0 aromatic rings. The maximum Gasteiger partial charge on any atom is 0.306 e. The van der Waals surface area contributed by atoms with E-state index in [0.717, 1.165) is 103 Å². The molecular weight excluding hydrogens is 781 g/mol. The number of hydrogen-bond donors (Lipinski definition) is 0. The molecule has 6 heteroatoms. The Labute approximate surface area is 390 Å². The number of carbonyl (C=O) groups excluding carboxylic acids is 3. The van der Waals surface area contributed by atoms with Crippen LogP contribution in [0.5, 0.6) is 0 Å². The molecule has 0 radical (unpaired) electrons. The number of unbranched alkanes of at least 4 members (excludes halogenated alkanes) is 27. The standard InChI is InChI=1S/C57H100O6/c1-4-7-10-13-16-19-22-25-27-28-30-32-35-38-41-44-47-50-56(59)62-53-54(52-61-55(58)49-46-43-40-37-34-31-24-21-18-15-12-9-6-3)63-57(60)51-48-45-42-39-36-33-29-26-23-20-17-14-11-8-5-2/h7,10,16,19,21,24-25,27,30,32,54H,4-6,8-9,11-15,17-18,20,22-23,26,28-29,31,33-53H2,1-3H3/b10-7-,19-16-,24-21-,27-25-,32-30-/t54-/m0/s1. The maximum atomic E-state index is 12.8. The summed E-state index contributed by atoms with van der Waals surface area (Å²) in [5.74, 6) is -0.909. The van der Waals surface area contributed by atoms with Crippen molar-refractivity contribution in [2.24, 2.45) is 0 Å². The molecule has 0 spiro atoms. The summed E-state index contributed by atoms with van der Waals surface area (Å²) in [4.78, 5) is 38.0. The molecule has 0 aliphatic heterocycles. The molecule has 0 bridgehead atoms. The van der Waals surface area contributed by atoms with Crippen LogP contribution < -0.4 is 0 Å². The smallest absolute Gasteiger partial charge is 0.306 e. The predicted octanol–water partition coefficient (Wildman–Crippen LogP) is 17.6. The topological polar surface area (TPSA) is 78.9 Å². The molecule has 0 aromatic carbocycles. The number of rotatable bonds is 48. The van der Waals surface area contributed by atoms with E-state index in [9.17, 15) is 14.4 Å². The minimum atomic E-state index is -0.785. The Hall–Kier alpha value is -2.89. The molecule has 63 heavy (non-hydrogen) atoms. The highest BCUT2D eigenvalue weighted by molar-refractivity contribution is 5.71. The number of esters is 3. The molecule has 0 saturated carbocycles. The van der Waals surface area contributed by atoms with Gasteiger partial charge in [0.05, 0.1) is 0 Å². The molecule has 0 unspecified atom stereocenters. The summed E-state index contributed by atoms with van der Waals surface area (Å²) in [5.41, 5.74) is 0. The van der Waals surface area contributed by atoms with Gasteiger partial charge in [0.25, 0.3) is 0 Å². The molecule has 6 nitrogen and oxygen atoms in total. The fourth-order valence-electron chi connectivity index (χ4n) is 7.49. The lowest BCUT2D eigenvalue weighted by Crippen LogP contribution is -2.30. The molecule has 0 rings (SSSR count). The van der Waals surface area contributed by atoms with Gasteiger partial charge in [-0.1, -0.05) is 223 Å². The van der Waals surface area contributed by atoms with Gasteiger partial charge >= 0.3 is 17.9 Å². The van der Waals surface area contributed by atoms with Crippen LogP contribution in [0.25, 0.3) is 0 Å². The molecule has 0 aliphatic rings. The number of hydrogen-bond acceptors (Lipinski definition) is 6. The molecule has 0 aromatic heterocycles. The minimum absolute atomic E-state index is 0.0845. The van der Waals surface area contributed by atoms with Gasteiger partial charge < -0.3 is 14.2 Å². The van der Waals surface area contributed by atoms with Gasteiger partial charge in [-0.25, -0.2) is 0 Å². The van der Waals surface area contributed by atoms with Crippen molar-refractivity contribution in [3.05, 3.63) is 60.8 Å². The Morgan fingerprint density at radius 3 is 1.00 bits per heavy atom. The monoisotopic (exact) mass is 881 g/mol. The van der Waals surface area contributed by atoms with Gasteiger partial charge in [0.15, 0.2) is 6.10 Å². The number of allylic oxidation sites excluding steroid dienone is 10. The van der Waals surface area contributed by atoms with Crippen molar-refractivity contribution >= 4 is 17.9 Å². The van der Waals surface area contributed by atoms with Crippen molar-refractivity contribution < 1.29 is 28.6 Å². The fraction of sp³-hybridized carbons (Fsp3) is 0.772. The third-order valence-corrected chi connectivity index (χ3v) is 11.5. The second kappa shape index (κ2) is 51.7. The van der Waals surface area contributed by atoms with Gasteiger partial charge in [0, 0.05) is 19.3 Å². The van der Waals surface area contributed by atoms with Gasteiger partial charge in [-0.05, 0) is 83.5 Å². The zero-order valence-corrected chi connectivity index (χ0v) is 41.6. The van der Waals surface area contributed by atoms with Crippen molar-refractivity contribution in [3.8, 4) is 0 Å². The lowest BCUT2D eigenvalue weighted by molar-refractivity contribution is -0.167. The van der Waals surface area contributed by atoms with E-state index in [4.69, 9.17) is 14.2 Å². The van der Waals surface area contributed by atoms with Gasteiger partial charge in [-0.15, -0.1) is 0 Å². The van der Waals surface area contributed by atoms with Gasteiger partial charge in [-0.3, -0.25) is 14.4 Å². The van der Waals surface area contributed by atoms with Crippen LogP contribution in [0.1, 0.15) is 265 Å². The normalized spacial score (nSPS) is 12.5. The summed E-state index contributed by atoms with van der Waals surface area (Å²) >= 11 is 0. The van der Waals surface area contributed by atoms with E-state index in [-0.39, 0.29) is 31.1 Å². The first-order chi connectivity index (χ1) is 31.0. The first kappa shape index (κ1) is 60.1. The van der Waals surface area contributed by atoms with Crippen LogP contribution in [0.3, 0.4) is 0 Å². The van der Waals surface area contributed by atoms with Crippen molar-refractivity contribution in [1.82, 2.24) is 0 Å². The molecular formula is C57H100O6. The highest BCUT2D eigenvalue weighted by atomic mass is 16.6. The van der Waals surface area contributed by atoms with E-state index in [1.165, 1.54) is 122 Å².